The second kappa shape index (κ2) is 7.59. The molecule has 0 aliphatic heterocycles. The number of carbonyl (C=O) groups is 1. The molecule has 1 aromatic heterocycles. The van der Waals surface area contributed by atoms with Gasteiger partial charge in [-0.3, -0.25) is 4.79 Å². The molecule has 0 fully saturated rings. The number of rotatable bonds is 5. The molecule has 1 amide bonds. The van der Waals surface area contributed by atoms with Crippen molar-refractivity contribution in [3.05, 3.63) is 53.2 Å². The third-order valence-corrected chi connectivity index (χ3v) is 3.58. The standard InChI is InChI=1S/C18H22N4O2/c1-5-13-9-14(24-4)6-7-16(13)22-18(23)15(10-19)17-20-11(2)8-12(3)21-17/h6-10H,5,19H2,1-4H3,(H,22,23). The van der Waals surface area contributed by atoms with Crippen molar-refractivity contribution in [2.75, 3.05) is 12.4 Å². The summed E-state index contributed by atoms with van der Waals surface area (Å²) in [5, 5.41) is 2.88. The molecule has 0 saturated carbocycles. The lowest BCUT2D eigenvalue weighted by Crippen LogP contribution is -2.18. The summed E-state index contributed by atoms with van der Waals surface area (Å²) >= 11 is 0. The maximum absolute atomic E-state index is 12.6. The van der Waals surface area contributed by atoms with E-state index in [1.165, 1.54) is 6.20 Å². The number of hydrogen-bond donors (Lipinski definition) is 2. The number of nitrogens with two attached hydrogens (primary N) is 1. The van der Waals surface area contributed by atoms with E-state index in [2.05, 4.69) is 15.3 Å². The third-order valence-electron chi connectivity index (χ3n) is 3.58. The van der Waals surface area contributed by atoms with Gasteiger partial charge in [-0.15, -0.1) is 0 Å². The van der Waals surface area contributed by atoms with Gasteiger partial charge in [0.2, 0.25) is 0 Å². The summed E-state index contributed by atoms with van der Waals surface area (Å²) in [4.78, 5) is 21.2. The smallest absolute Gasteiger partial charge is 0.260 e. The normalized spacial score (nSPS) is 11.2. The van der Waals surface area contributed by atoms with Crippen molar-refractivity contribution in [3.8, 4) is 5.75 Å². The first-order valence-corrected chi connectivity index (χ1v) is 7.71. The predicted octanol–water partition coefficient (Wildman–Crippen LogP) is 2.60. The van der Waals surface area contributed by atoms with E-state index < -0.39 is 0 Å². The first-order valence-electron chi connectivity index (χ1n) is 7.71. The molecule has 3 N–H and O–H groups in total. The second-order valence-electron chi connectivity index (χ2n) is 5.39. The minimum absolute atomic E-state index is 0.236. The Labute approximate surface area is 141 Å². The summed E-state index contributed by atoms with van der Waals surface area (Å²) in [6.07, 6.45) is 1.99. The van der Waals surface area contributed by atoms with Crippen molar-refractivity contribution in [1.82, 2.24) is 9.97 Å². The molecule has 1 heterocycles. The van der Waals surface area contributed by atoms with Crippen LogP contribution in [0.4, 0.5) is 5.69 Å². The monoisotopic (exact) mass is 326 g/mol. The average Bonchev–Trinajstić information content (AvgIpc) is 2.55. The van der Waals surface area contributed by atoms with Gasteiger partial charge in [0, 0.05) is 23.3 Å². The maximum atomic E-state index is 12.6. The van der Waals surface area contributed by atoms with Gasteiger partial charge in [-0.25, -0.2) is 9.97 Å². The summed E-state index contributed by atoms with van der Waals surface area (Å²) in [6.45, 7) is 5.71. The number of nitrogens with zero attached hydrogens (tertiary/aromatic N) is 2. The van der Waals surface area contributed by atoms with Gasteiger partial charge in [0.05, 0.1) is 12.7 Å². The molecule has 2 rings (SSSR count). The van der Waals surface area contributed by atoms with Gasteiger partial charge in [0.1, 0.15) is 5.75 Å². The molecule has 6 nitrogen and oxygen atoms in total. The van der Waals surface area contributed by atoms with Gasteiger partial charge in [0.25, 0.3) is 5.91 Å². The van der Waals surface area contributed by atoms with Crippen LogP contribution >= 0.6 is 0 Å². The molecule has 0 atom stereocenters. The Balaban J connectivity index is 2.30. The number of nitrogens with one attached hydrogen (secondary N) is 1. The number of benzene rings is 1. The zero-order valence-corrected chi connectivity index (χ0v) is 14.4. The van der Waals surface area contributed by atoms with Crippen molar-refractivity contribution in [3.63, 3.8) is 0 Å². The third kappa shape index (κ3) is 3.90. The summed E-state index contributed by atoms with van der Waals surface area (Å²) in [7, 11) is 1.61. The Morgan fingerprint density at radius 1 is 1.25 bits per heavy atom. The highest BCUT2D eigenvalue weighted by Crippen LogP contribution is 2.24. The fourth-order valence-corrected chi connectivity index (χ4v) is 2.40. The zero-order valence-electron chi connectivity index (χ0n) is 14.4. The quantitative estimate of drug-likeness (QED) is 0.824. The molecule has 0 saturated heterocycles. The van der Waals surface area contributed by atoms with Crippen LogP contribution in [0, 0.1) is 13.8 Å². The van der Waals surface area contributed by atoms with Crippen LogP contribution in [0.5, 0.6) is 5.75 Å². The lowest BCUT2D eigenvalue weighted by Gasteiger charge is -2.13. The molecule has 1 aromatic carbocycles. The van der Waals surface area contributed by atoms with Crippen molar-refractivity contribution < 1.29 is 9.53 Å². The van der Waals surface area contributed by atoms with Crippen LogP contribution in [0.3, 0.4) is 0 Å². The maximum Gasteiger partial charge on any atom is 0.260 e. The second-order valence-corrected chi connectivity index (χ2v) is 5.39. The van der Waals surface area contributed by atoms with Crippen LogP contribution < -0.4 is 15.8 Å². The van der Waals surface area contributed by atoms with Gasteiger partial charge in [0.15, 0.2) is 5.82 Å². The Morgan fingerprint density at radius 3 is 2.46 bits per heavy atom. The number of anilines is 1. The van der Waals surface area contributed by atoms with E-state index in [9.17, 15) is 4.79 Å². The Morgan fingerprint density at radius 2 is 1.92 bits per heavy atom. The number of methoxy groups -OCH3 is 1. The fourth-order valence-electron chi connectivity index (χ4n) is 2.40. The van der Waals surface area contributed by atoms with E-state index in [4.69, 9.17) is 10.5 Å². The topological polar surface area (TPSA) is 90.1 Å². The Hall–Kier alpha value is -2.89. The van der Waals surface area contributed by atoms with Gasteiger partial charge in [-0.2, -0.15) is 0 Å². The van der Waals surface area contributed by atoms with Crippen LogP contribution in [0.1, 0.15) is 29.7 Å². The number of aryl methyl sites for hydroxylation is 3. The lowest BCUT2D eigenvalue weighted by molar-refractivity contribution is -0.111. The molecular weight excluding hydrogens is 304 g/mol. The lowest BCUT2D eigenvalue weighted by atomic mass is 10.1. The van der Waals surface area contributed by atoms with E-state index in [0.29, 0.717) is 11.5 Å². The van der Waals surface area contributed by atoms with Crippen LogP contribution in [0.2, 0.25) is 0 Å². The summed E-state index contributed by atoms with van der Waals surface area (Å²) in [5.41, 5.74) is 9.14. The molecule has 0 radical (unpaired) electrons. The van der Waals surface area contributed by atoms with E-state index in [-0.39, 0.29) is 11.5 Å². The van der Waals surface area contributed by atoms with E-state index in [0.717, 1.165) is 29.1 Å². The van der Waals surface area contributed by atoms with Crippen molar-refractivity contribution in [2.24, 2.45) is 5.73 Å². The van der Waals surface area contributed by atoms with Gasteiger partial charge in [-0.05, 0) is 50.1 Å². The SMILES string of the molecule is CCc1cc(OC)ccc1NC(=O)C(=CN)c1nc(C)cc(C)n1. The molecule has 126 valence electrons. The van der Waals surface area contributed by atoms with Crippen LogP contribution in [0.25, 0.3) is 5.57 Å². The molecule has 0 aliphatic rings. The highest BCUT2D eigenvalue weighted by Gasteiger charge is 2.17. The zero-order chi connectivity index (χ0) is 17.7. The first-order chi connectivity index (χ1) is 11.5. The summed E-state index contributed by atoms with van der Waals surface area (Å²) in [5.74, 6) is 0.721. The number of carbonyl (C=O) groups excluding carboxylic acids is 1. The molecule has 0 bridgehead atoms. The molecular formula is C18H22N4O2. The van der Waals surface area contributed by atoms with Crippen LogP contribution in [-0.2, 0) is 11.2 Å². The van der Waals surface area contributed by atoms with Crippen LogP contribution in [0.15, 0.2) is 30.5 Å². The van der Waals surface area contributed by atoms with Gasteiger partial charge in [-0.1, -0.05) is 6.92 Å². The number of amides is 1. The summed E-state index contributed by atoms with van der Waals surface area (Å²) < 4.78 is 5.22. The minimum Gasteiger partial charge on any atom is -0.497 e. The first kappa shape index (κ1) is 17.5. The van der Waals surface area contributed by atoms with Crippen molar-refractivity contribution >= 4 is 17.2 Å². The Kier molecular flexibility index (Phi) is 5.52. The van der Waals surface area contributed by atoms with E-state index >= 15 is 0 Å². The molecule has 0 spiro atoms. The van der Waals surface area contributed by atoms with E-state index in [1.54, 1.807) is 13.2 Å². The largest absolute Gasteiger partial charge is 0.497 e. The summed E-state index contributed by atoms with van der Waals surface area (Å²) in [6, 6.07) is 7.35. The predicted molar refractivity (Wildman–Crippen MR) is 94.7 cm³/mol. The average molecular weight is 326 g/mol. The van der Waals surface area contributed by atoms with Gasteiger partial charge >= 0.3 is 0 Å². The molecule has 0 aliphatic carbocycles. The minimum atomic E-state index is -0.345. The highest BCUT2D eigenvalue weighted by molar-refractivity contribution is 6.24. The van der Waals surface area contributed by atoms with Gasteiger partial charge < -0.3 is 15.8 Å². The van der Waals surface area contributed by atoms with Crippen LogP contribution in [-0.4, -0.2) is 23.0 Å². The van der Waals surface area contributed by atoms with Crippen molar-refractivity contribution in [2.45, 2.75) is 27.2 Å². The molecule has 2 aromatic rings. The van der Waals surface area contributed by atoms with Crippen molar-refractivity contribution in [1.29, 1.82) is 0 Å². The fraction of sp³-hybridized carbons (Fsp3) is 0.278. The number of aromatic nitrogens is 2. The number of hydrogen-bond acceptors (Lipinski definition) is 5. The number of ether oxygens (including phenoxy) is 1. The molecule has 24 heavy (non-hydrogen) atoms. The molecule has 0 unspecified atom stereocenters. The van der Waals surface area contributed by atoms with E-state index in [1.807, 2.05) is 39.0 Å². The highest BCUT2D eigenvalue weighted by atomic mass is 16.5. The molecule has 6 heteroatoms. The Bertz CT molecular complexity index is 764.